The van der Waals surface area contributed by atoms with Gasteiger partial charge in [0.15, 0.2) is 0 Å². The van der Waals surface area contributed by atoms with Gasteiger partial charge in [0, 0.05) is 24.9 Å². The van der Waals surface area contributed by atoms with Crippen molar-refractivity contribution in [2.45, 2.75) is 31.4 Å². The lowest BCUT2D eigenvalue weighted by molar-refractivity contribution is -0.132. The van der Waals surface area contributed by atoms with Crippen LogP contribution in [0.4, 0.5) is 0 Å². The molecule has 0 aromatic heterocycles. The van der Waals surface area contributed by atoms with Gasteiger partial charge < -0.3 is 14.7 Å². The van der Waals surface area contributed by atoms with Crippen molar-refractivity contribution < 1.29 is 14.6 Å². The van der Waals surface area contributed by atoms with Crippen LogP contribution >= 0.6 is 0 Å². The predicted molar refractivity (Wildman–Crippen MR) is 71.0 cm³/mol. The highest BCUT2D eigenvalue weighted by Crippen LogP contribution is 2.38. The number of aliphatic hydroxyl groups excluding tert-OH is 1. The summed E-state index contributed by atoms with van der Waals surface area (Å²) in [6, 6.07) is 6.85. The van der Waals surface area contributed by atoms with Crippen LogP contribution in [0.5, 0.6) is 5.75 Å². The lowest BCUT2D eigenvalue weighted by Gasteiger charge is -2.31. The first kappa shape index (κ1) is 12.9. The number of nitriles is 1. The van der Waals surface area contributed by atoms with E-state index in [0.717, 1.165) is 12.0 Å². The molecule has 104 valence electrons. The predicted octanol–water partition coefficient (Wildman–Crippen LogP) is 1.37. The Hall–Kier alpha value is -2.06. The number of fused-ring (bicyclic) bond motifs is 1. The topological polar surface area (TPSA) is 73.6 Å². The number of likely N-dealkylation sites (tertiary alicyclic amines) is 1. The SMILES string of the molecule is N#Cc1ccc2c(c1)[C@@H](N1CCCC1=O)[C@H](O)CCO2. The summed E-state index contributed by atoms with van der Waals surface area (Å²) in [5.41, 5.74) is 1.25. The van der Waals surface area contributed by atoms with E-state index in [4.69, 9.17) is 10.00 Å². The minimum atomic E-state index is -0.660. The van der Waals surface area contributed by atoms with Gasteiger partial charge in [0.2, 0.25) is 5.91 Å². The smallest absolute Gasteiger partial charge is 0.223 e. The van der Waals surface area contributed by atoms with Crippen molar-refractivity contribution in [3.8, 4) is 11.8 Å². The molecule has 0 radical (unpaired) electrons. The fourth-order valence-corrected chi connectivity index (χ4v) is 2.97. The summed E-state index contributed by atoms with van der Waals surface area (Å²) in [4.78, 5) is 13.7. The molecule has 2 heterocycles. The van der Waals surface area contributed by atoms with E-state index < -0.39 is 12.1 Å². The van der Waals surface area contributed by atoms with Crippen LogP contribution in [-0.4, -0.2) is 35.2 Å². The highest BCUT2D eigenvalue weighted by atomic mass is 16.5. The first-order chi connectivity index (χ1) is 9.70. The van der Waals surface area contributed by atoms with Gasteiger partial charge in [0.1, 0.15) is 5.75 Å². The summed E-state index contributed by atoms with van der Waals surface area (Å²) in [6.45, 7) is 1.06. The Morgan fingerprint density at radius 1 is 1.45 bits per heavy atom. The van der Waals surface area contributed by atoms with E-state index in [-0.39, 0.29) is 5.91 Å². The van der Waals surface area contributed by atoms with Crippen molar-refractivity contribution in [1.29, 1.82) is 5.26 Å². The third-order valence-corrected chi connectivity index (χ3v) is 3.94. The summed E-state index contributed by atoms with van der Waals surface area (Å²) in [5.74, 6) is 0.717. The van der Waals surface area contributed by atoms with E-state index in [1.165, 1.54) is 0 Å². The monoisotopic (exact) mass is 272 g/mol. The van der Waals surface area contributed by atoms with Crippen molar-refractivity contribution in [2.24, 2.45) is 0 Å². The molecule has 1 N–H and O–H groups in total. The Kier molecular flexibility index (Phi) is 3.33. The molecule has 0 saturated carbocycles. The van der Waals surface area contributed by atoms with E-state index in [9.17, 15) is 9.90 Å². The molecule has 20 heavy (non-hydrogen) atoms. The van der Waals surface area contributed by atoms with Crippen molar-refractivity contribution in [3.63, 3.8) is 0 Å². The van der Waals surface area contributed by atoms with Crippen molar-refractivity contribution in [1.82, 2.24) is 4.90 Å². The van der Waals surface area contributed by atoms with Gasteiger partial charge in [-0.2, -0.15) is 5.26 Å². The number of amides is 1. The fourth-order valence-electron chi connectivity index (χ4n) is 2.97. The number of hydrogen-bond donors (Lipinski definition) is 1. The summed E-state index contributed by atoms with van der Waals surface area (Å²) >= 11 is 0. The van der Waals surface area contributed by atoms with Crippen LogP contribution in [-0.2, 0) is 4.79 Å². The molecular weight excluding hydrogens is 256 g/mol. The third-order valence-electron chi connectivity index (χ3n) is 3.94. The summed E-state index contributed by atoms with van der Waals surface area (Å²) in [6.07, 6.45) is 1.16. The molecule has 1 saturated heterocycles. The number of aliphatic hydroxyl groups is 1. The second kappa shape index (κ2) is 5.14. The van der Waals surface area contributed by atoms with E-state index in [1.54, 1.807) is 23.1 Å². The number of rotatable bonds is 1. The summed E-state index contributed by atoms with van der Waals surface area (Å²) < 4.78 is 5.64. The van der Waals surface area contributed by atoms with Gasteiger partial charge in [0.25, 0.3) is 0 Å². The van der Waals surface area contributed by atoms with Crippen LogP contribution in [0.15, 0.2) is 18.2 Å². The van der Waals surface area contributed by atoms with Gasteiger partial charge >= 0.3 is 0 Å². The molecule has 3 rings (SSSR count). The maximum atomic E-state index is 12.0. The molecule has 2 aliphatic heterocycles. The summed E-state index contributed by atoms with van der Waals surface area (Å²) in [7, 11) is 0. The third kappa shape index (κ3) is 2.12. The molecule has 1 fully saturated rings. The molecule has 2 atom stereocenters. The number of carbonyl (C=O) groups excluding carboxylic acids is 1. The average molecular weight is 272 g/mol. The van der Waals surface area contributed by atoms with Crippen molar-refractivity contribution in [2.75, 3.05) is 13.2 Å². The van der Waals surface area contributed by atoms with E-state index in [1.807, 2.05) is 0 Å². The molecule has 1 aromatic carbocycles. The van der Waals surface area contributed by atoms with E-state index in [2.05, 4.69) is 6.07 Å². The minimum Gasteiger partial charge on any atom is -0.493 e. The quantitative estimate of drug-likeness (QED) is 0.838. The molecule has 0 bridgehead atoms. The van der Waals surface area contributed by atoms with Crippen LogP contribution in [0.3, 0.4) is 0 Å². The molecule has 1 amide bonds. The van der Waals surface area contributed by atoms with Crippen molar-refractivity contribution >= 4 is 5.91 Å². The maximum absolute atomic E-state index is 12.0. The van der Waals surface area contributed by atoms with Crippen LogP contribution in [0.25, 0.3) is 0 Å². The van der Waals surface area contributed by atoms with Gasteiger partial charge in [-0.15, -0.1) is 0 Å². The fraction of sp³-hybridized carbons (Fsp3) is 0.467. The zero-order chi connectivity index (χ0) is 14.1. The largest absolute Gasteiger partial charge is 0.493 e. The van der Waals surface area contributed by atoms with Gasteiger partial charge in [-0.25, -0.2) is 0 Å². The van der Waals surface area contributed by atoms with Crippen LogP contribution in [0.1, 0.15) is 36.4 Å². The lowest BCUT2D eigenvalue weighted by Crippen LogP contribution is -2.37. The van der Waals surface area contributed by atoms with Gasteiger partial charge in [0.05, 0.1) is 30.4 Å². The minimum absolute atomic E-state index is 0.0595. The zero-order valence-corrected chi connectivity index (χ0v) is 11.1. The van der Waals surface area contributed by atoms with E-state index in [0.29, 0.717) is 37.3 Å². The first-order valence-electron chi connectivity index (χ1n) is 6.85. The Morgan fingerprint density at radius 3 is 3.00 bits per heavy atom. The number of carbonyl (C=O) groups is 1. The van der Waals surface area contributed by atoms with Crippen molar-refractivity contribution in [3.05, 3.63) is 29.3 Å². The Balaban J connectivity index is 2.07. The molecule has 0 aliphatic carbocycles. The average Bonchev–Trinajstić information content (AvgIpc) is 2.79. The summed E-state index contributed by atoms with van der Waals surface area (Å²) in [5, 5.41) is 19.4. The van der Waals surface area contributed by atoms with Crippen LogP contribution < -0.4 is 4.74 Å². The Labute approximate surface area is 117 Å². The van der Waals surface area contributed by atoms with Gasteiger partial charge in [-0.05, 0) is 24.6 Å². The van der Waals surface area contributed by atoms with Gasteiger partial charge in [-0.3, -0.25) is 4.79 Å². The molecule has 5 nitrogen and oxygen atoms in total. The molecular formula is C15H16N2O3. The second-order valence-electron chi connectivity index (χ2n) is 5.20. The number of benzene rings is 1. The number of hydrogen-bond acceptors (Lipinski definition) is 4. The molecule has 5 heteroatoms. The Morgan fingerprint density at radius 2 is 2.30 bits per heavy atom. The maximum Gasteiger partial charge on any atom is 0.223 e. The lowest BCUT2D eigenvalue weighted by atomic mass is 9.96. The number of ether oxygens (including phenoxy) is 1. The number of nitrogens with zero attached hydrogens (tertiary/aromatic N) is 2. The highest BCUT2D eigenvalue weighted by Gasteiger charge is 2.37. The second-order valence-corrected chi connectivity index (χ2v) is 5.20. The molecule has 2 aliphatic rings. The van der Waals surface area contributed by atoms with Gasteiger partial charge in [-0.1, -0.05) is 0 Å². The normalized spacial score (nSPS) is 25.6. The zero-order valence-electron chi connectivity index (χ0n) is 11.1. The Bertz CT molecular complexity index is 579. The van der Waals surface area contributed by atoms with Crippen LogP contribution in [0, 0.1) is 11.3 Å². The van der Waals surface area contributed by atoms with Crippen LogP contribution in [0.2, 0.25) is 0 Å². The standard InChI is InChI=1S/C15H16N2O3/c16-9-10-3-4-13-11(8-10)15(12(18)5-7-20-13)17-6-1-2-14(17)19/h3-4,8,12,15,18H,1-2,5-7H2/t12-,15-/m1/s1. The molecule has 1 aromatic rings. The highest BCUT2D eigenvalue weighted by molar-refractivity contribution is 5.79. The van der Waals surface area contributed by atoms with E-state index >= 15 is 0 Å². The first-order valence-corrected chi connectivity index (χ1v) is 6.85. The molecule has 0 unspecified atom stereocenters. The molecule has 0 spiro atoms.